The normalized spacial score (nSPS) is 11.4. The molecule has 0 radical (unpaired) electrons. The highest BCUT2D eigenvalue weighted by molar-refractivity contribution is 7.92. The fraction of sp³-hybridized carbons (Fsp3) is 0.467. The van der Waals surface area contributed by atoms with Crippen molar-refractivity contribution in [1.82, 2.24) is 0 Å². The van der Waals surface area contributed by atoms with Crippen molar-refractivity contribution in [3.8, 4) is 0 Å². The number of hydrogen-bond acceptors (Lipinski definition) is 5. The molecule has 0 N–H and O–H groups in total. The third kappa shape index (κ3) is 4.97. The number of ether oxygens (including phenoxy) is 1. The first kappa shape index (κ1) is 17.4. The summed E-state index contributed by atoms with van der Waals surface area (Å²) < 4.78 is 28.8. The molecule has 0 saturated carbocycles. The highest BCUT2D eigenvalue weighted by atomic mass is 32.2. The third-order valence-corrected chi connectivity index (χ3v) is 4.40. The van der Waals surface area contributed by atoms with Gasteiger partial charge >= 0.3 is 5.97 Å². The second kappa shape index (κ2) is 7.36. The van der Waals surface area contributed by atoms with E-state index >= 15 is 0 Å². The maximum atomic E-state index is 12.0. The lowest BCUT2D eigenvalue weighted by Crippen LogP contribution is -2.19. The molecule has 0 amide bonds. The summed E-state index contributed by atoms with van der Waals surface area (Å²) in [4.78, 5) is 23.2. The highest BCUT2D eigenvalue weighted by Crippen LogP contribution is 2.15. The van der Waals surface area contributed by atoms with Crippen molar-refractivity contribution in [2.24, 2.45) is 5.92 Å². The molecule has 0 aromatic heterocycles. The van der Waals surface area contributed by atoms with Gasteiger partial charge in [0.05, 0.1) is 11.5 Å². The first-order valence-electron chi connectivity index (χ1n) is 6.80. The van der Waals surface area contributed by atoms with Crippen LogP contribution in [0.15, 0.2) is 29.2 Å². The molecule has 0 fully saturated rings. The van der Waals surface area contributed by atoms with Crippen LogP contribution in [0, 0.1) is 5.92 Å². The van der Waals surface area contributed by atoms with Gasteiger partial charge in [0.25, 0.3) is 0 Å². The molecule has 1 aromatic rings. The van der Waals surface area contributed by atoms with Crippen molar-refractivity contribution in [2.75, 3.05) is 12.4 Å². The van der Waals surface area contributed by atoms with E-state index in [0.29, 0.717) is 12.0 Å². The molecule has 5 nitrogen and oxygen atoms in total. The van der Waals surface area contributed by atoms with Crippen LogP contribution in [0.3, 0.4) is 0 Å². The summed E-state index contributed by atoms with van der Waals surface area (Å²) in [6.07, 6.45) is 0.637. The van der Waals surface area contributed by atoms with Crippen LogP contribution in [0.4, 0.5) is 0 Å². The van der Waals surface area contributed by atoms with E-state index in [1.807, 2.05) is 6.92 Å². The minimum Gasteiger partial charge on any atom is -0.465 e. The van der Waals surface area contributed by atoms with E-state index in [9.17, 15) is 18.0 Å². The summed E-state index contributed by atoms with van der Waals surface area (Å²) >= 11 is 0. The summed E-state index contributed by atoms with van der Waals surface area (Å²) in [6.45, 7) is 5.58. The fourth-order valence-corrected chi connectivity index (χ4v) is 2.77. The molecule has 0 bridgehead atoms. The first-order valence-corrected chi connectivity index (χ1v) is 8.45. The van der Waals surface area contributed by atoms with Crippen molar-refractivity contribution in [3.63, 3.8) is 0 Å². The highest BCUT2D eigenvalue weighted by Gasteiger charge is 2.21. The third-order valence-electron chi connectivity index (χ3n) is 2.80. The standard InChI is InChI=1S/C15H20O5S/c1-4-9-20-14(16)10-21(18,19)13-7-5-12(6-8-13)15(17)11(2)3/h5-8,11H,4,9-10H2,1-3H3. The minimum atomic E-state index is -3.74. The smallest absolute Gasteiger partial charge is 0.321 e. The summed E-state index contributed by atoms with van der Waals surface area (Å²) in [5, 5.41) is 0. The number of benzene rings is 1. The molecule has 6 heteroatoms. The average molecular weight is 312 g/mol. The Kier molecular flexibility index (Phi) is 6.08. The molecular weight excluding hydrogens is 292 g/mol. The SMILES string of the molecule is CCCOC(=O)CS(=O)(=O)c1ccc(C(=O)C(C)C)cc1. The number of ketones is 1. The molecule has 0 aliphatic heterocycles. The Hall–Kier alpha value is -1.69. The van der Waals surface area contributed by atoms with Gasteiger partial charge in [-0.05, 0) is 18.6 Å². The maximum absolute atomic E-state index is 12.0. The van der Waals surface area contributed by atoms with Crippen LogP contribution in [0.1, 0.15) is 37.6 Å². The van der Waals surface area contributed by atoms with Crippen LogP contribution in [0.2, 0.25) is 0 Å². The molecule has 0 aliphatic carbocycles. The van der Waals surface area contributed by atoms with Gasteiger partial charge in [-0.15, -0.1) is 0 Å². The first-order chi connectivity index (χ1) is 9.77. The minimum absolute atomic E-state index is 0.0104. The van der Waals surface area contributed by atoms with Gasteiger partial charge in [-0.3, -0.25) is 9.59 Å². The zero-order valence-electron chi connectivity index (χ0n) is 12.5. The number of carbonyl (C=O) groups is 2. The topological polar surface area (TPSA) is 77.5 Å². The molecule has 0 heterocycles. The second-order valence-electron chi connectivity index (χ2n) is 5.02. The van der Waals surface area contributed by atoms with Crippen molar-refractivity contribution in [3.05, 3.63) is 29.8 Å². The molecule has 21 heavy (non-hydrogen) atoms. The van der Waals surface area contributed by atoms with E-state index in [-0.39, 0.29) is 23.2 Å². The summed E-state index contributed by atoms with van der Waals surface area (Å²) in [6, 6.07) is 5.62. The number of Topliss-reactive ketones (excluding diaryl/α,β-unsaturated/α-hetero) is 1. The summed E-state index contributed by atoms with van der Waals surface area (Å²) in [5.74, 6) is -1.67. The van der Waals surface area contributed by atoms with Gasteiger partial charge in [0.2, 0.25) is 0 Å². The molecule has 1 aromatic carbocycles. The Balaban J connectivity index is 2.85. The van der Waals surface area contributed by atoms with E-state index in [4.69, 9.17) is 4.74 Å². The summed E-state index contributed by atoms with van der Waals surface area (Å²) in [7, 11) is -3.74. The molecule has 0 unspecified atom stereocenters. The van der Waals surface area contributed by atoms with Gasteiger partial charge in [-0.1, -0.05) is 32.9 Å². The number of hydrogen-bond donors (Lipinski definition) is 0. The van der Waals surface area contributed by atoms with Gasteiger partial charge < -0.3 is 4.74 Å². The second-order valence-corrected chi connectivity index (χ2v) is 7.01. The van der Waals surface area contributed by atoms with Gasteiger partial charge in [-0.25, -0.2) is 8.42 Å². The van der Waals surface area contributed by atoms with Crippen LogP contribution in [-0.4, -0.2) is 32.5 Å². The number of carbonyl (C=O) groups excluding carboxylic acids is 2. The van der Waals surface area contributed by atoms with Crippen molar-refractivity contribution in [2.45, 2.75) is 32.1 Å². The molecule has 0 aliphatic rings. The van der Waals surface area contributed by atoms with Gasteiger partial charge in [0.15, 0.2) is 21.4 Å². The van der Waals surface area contributed by atoms with Crippen LogP contribution in [0.25, 0.3) is 0 Å². The van der Waals surface area contributed by atoms with Crippen molar-refractivity contribution in [1.29, 1.82) is 0 Å². The molecule has 116 valence electrons. The largest absolute Gasteiger partial charge is 0.465 e. The zero-order chi connectivity index (χ0) is 16.0. The lowest BCUT2D eigenvalue weighted by molar-refractivity contribution is -0.140. The van der Waals surface area contributed by atoms with Crippen LogP contribution in [-0.2, 0) is 19.4 Å². The number of sulfone groups is 1. The number of rotatable bonds is 7. The molecular formula is C15H20O5S. The Labute approximate surface area is 125 Å². The van der Waals surface area contributed by atoms with E-state index in [1.54, 1.807) is 13.8 Å². The van der Waals surface area contributed by atoms with Gasteiger partial charge in [0.1, 0.15) is 0 Å². The Morgan fingerprint density at radius 3 is 2.19 bits per heavy atom. The van der Waals surface area contributed by atoms with Crippen LogP contribution < -0.4 is 0 Å². The maximum Gasteiger partial charge on any atom is 0.321 e. The fourth-order valence-electron chi connectivity index (χ4n) is 1.66. The van der Waals surface area contributed by atoms with Crippen molar-refractivity contribution >= 4 is 21.6 Å². The molecule has 0 saturated heterocycles. The van der Waals surface area contributed by atoms with Crippen LogP contribution >= 0.6 is 0 Å². The monoisotopic (exact) mass is 312 g/mol. The predicted octanol–water partition coefficient (Wildman–Crippen LogP) is 2.25. The lowest BCUT2D eigenvalue weighted by Gasteiger charge is -2.07. The van der Waals surface area contributed by atoms with Crippen LogP contribution in [0.5, 0.6) is 0 Å². The zero-order valence-corrected chi connectivity index (χ0v) is 13.3. The van der Waals surface area contributed by atoms with Gasteiger partial charge in [-0.2, -0.15) is 0 Å². The molecule has 1 rings (SSSR count). The quantitative estimate of drug-likeness (QED) is 0.570. The molecule has 0 spiro atoms. The van der Waals surface area contributed by atoms with Gasteiger partial charge in [0, 0.05) is 11.5 Å². The summed E-state index contributed by atoms with van der Waals surface area (Å²) in [5.41, 5.74) is 0.456. The Bertz CT molecular complexity index is 599. The van der Waals surface area contributed by atoms with E-state index in [2.05, 4.69) is 0 Å². The predicted molar refractivity (Wildman–Crippen MR) is 78.9 cm³/mol. The van der Waals surface area contributed by atoms with E-state index in [0.717, 1.165) is 0 Å². The van der Waals surface area contributed by atoms with E-state index < -0.39 is 21.6 Å². The van der Waals surface area contributed by atoms with E-state index in [1.165, 1.54) is 24.3 Å². The Morgan fingerprint density at radius 2 is 1.71 bits per heavy atom. The van der Waals surface area contributed by atoms with Crippen molar-refractivity contribution < 1.29 is 22.7 Å². The lowest BCUT2D eigenvalue weighted by atomic mass is 10.0. The Morgan fingerprint density at radius 1 is 1.14 bits per heavy atom. The number of esters is 1. The average Bonchev–Trinajstić information content (AvgIpc) is 2.43. The molecule has 0 atom stereocenters.